The van der Waals surface area contributed by atoms with Crippen molar-refractivity contribution in [3.05, 3.63) is 39.6 Å². The molecular weight excluding hydrogens is 265 g/mol. The number of aliphatic hydroxyl groups excluding tert-OH is 1. The Morgan fingerprint density at radius 3 is 2.47 bits per heavy atom. The number of benzene rings is 1. The van der Waals surface area contributed by atoms with Gasteiger partial charge in [-0.3, -0.25) is 10.1 Å². The van der Waals surface area contributed by atoms with E-state index >= 15 is 0 Å². The van der Waals surface area contributed by atoms with Crippen LogP contribution in [0.15, 0.2) is 18.2 Å². The van der Waals surface area contributed by atoms with Crippen molar-refractivity contribution >= 4 is 16.6 Å². The van der Waals surface area contributed by atoms with Crippen LogP contribution in [0.4, 0.5) is 18.9 Å². The molecule has 2 aromatic rings. The van der Waals surface area contributed by atoms with Crippen LogP contribution in [0.3, 0.4) is 0 Å². The maximum absolute atomic E-state index is 12.7. The summed E-state index contributed by atoms with van der Waals surface area (Å²) < 4.78 is 38.2. The Morgan fingerprint density at radius 2 is 2.00 bits per heavy atom. The van der Waals surface area contributed by atoms with Gasteiger partial charge in [-0.25, -0.2) is 0 Å². The molecule has 2 rings (SSSR count). The molecule has 0 radical (unpaired) electrons. The Hall–Kier alpha value is -2.09. The molecule has 102 valence electrons. The summed E-state index contributed by atoms with van der Waals surface area (Å²) in [4.78, 5) is 12.2. The van der Waals surface area contributed by atoms with Crippen molar-refractivity contribution < 1.29 is 23.2 Å². The Morgan fingerprint density at radius 1 is 1.37 bits per heavy atom. The lowest BCUT2D eigenvalue weighted by Gasteiger charge is -2.07. The summed E-state index contributed by atoms with van der Waals surface area (Å²) in [5, 5.41) is 20.3. The van der Waals surface area contributed by atoms with Gasteiger partial charge >= 0.3 is 6.18 Å². The minimum Gasteiger partial charge on any atom is -0.387 e. The molecule has 0 aliphatic rings. The van der Waals surface area contributed by atoms with Crippen LogP contribution in [0.5, 0.6) is 0 Å². The molecular formula is C11H9F3N2O3. The minimum atomic E-state index is -4.81. The first-order valence-corrected chi connectivity index (χ1v) is 5.26. The first-order chi connectivity index (χ1) is 8.70. The number of nitro groups is 1. The molecule has 1 atom stereocenters. The number of halogens is 3. The summed E-state index contributed by atoms with van der Waals surface area (Å²) in [7, 11) is 0. The fourth-order valence-electron chi connectivity index (χ4n) is 1.79. The predicted octanol–water partition coefficient (Wildman–Crippen LogP) is 3.15. The summed E-state index contributed by atoms with van der Waals surface area (Å²) in [5.41, 5.74) is -1.93. The van der Waals surface area contributed by atoms with Crippen LogP contribution < -0.4 is 0 Å². The molecule has 1 aromatic heterocycles. The van der Waals surface area contributed by atoms with Gasteiger partial charge in [-0.15, -0.1) is 0 Å². The van der Waals surface area contributed by atoms with E-state index in [1.165, 1.54) is 13.0 Å². The second-order valence-corrected chi connectivity index (χ2v) is 4.11. The maximum Gasteiger partial charge on any atom is 0.423 e. The number of aromatic nitrogens is 1. The zero-order chi connectivity index (χ0) is 14.4. The molecule has 1 unspecified atom stereocenters. The minimum absolute atomic E-state index is 0.0915. The number of aromatic amines is 1. The topological polar surface area (TPSA) is 79.2 Å². The largest absolute Gasteiger partial charge is 0.423 e. The quantitative estimate of drug-likeness (QED) is 0.652. The predicted molar refractivity (Wildman–Crippen MR) is 60.6 cm³/mol. The van der Waals surface area contributed by atoms with Crippen LogP contribution in [0.25, 0.3) is 10.9 Å². The molecule has 0 aliphatic carbocycles. The highest BCUT2D eigenvalue weighted by atomic mass is 19.4. The number of rotatable bonds is 2. The van der Waals surface area contributed by atoms with Crippen molar-refractivity contribution in [2.75, 3.05) is 0 Å². The van der Waals surface area contributed by atoms with E-state index < -0.39 is 28.5 Å². The number of alkyl halides is 3. The van der Waals surface area contributed by atoms with Gasteiger partial charge in [0.2, 0.25) is 0 Å². The Kier molecular flexibility index (Phi) is 2.97. The molecule has 2 N–H and O–H groups in total. The Labute approximate surface area is 104 Å². The molecule has 0 saturated carbocycles. The monoisotopic (exact) mass is 274 g/mol. The normalized spacial score (nSPS) is 13.7. The number of hydrogen-bond acceptors (Lipinski definition) is 3. The van der Waals surface area contributed by atoms with Gasteiger partial charge in [-0.05, 0) is 19.1 Å². The van der Waals surface area contributed by atoms with Crippen molar-refractivity contribution in [3.8, 4) is 0 Å². The van der Waals surface area contributed by atoms with E-state index in [0.29, 0.717) is 11.8 Å². The third-order valence-corrected chi connectivity index (χ3v) is 2.71. The third-order valence-electron chi connectivity index (χ3n) is 2.71. The molecule has 0 aliphatic heterocycles. The molecule has 1 aromatic carbocycles. The van der Waals surface area contributed by atoms with Gasteiger partial charge in [0.1, 0.15) is 5.56 Å². The zero-order valence-electron chi connectivity index (χ0n) is 9.65. The fourth-order valence-corrected chi connectivity index (χ4v) is 1.79. The zero-order valence-corrected chi connectivity index (χ0v) is 9.65. The van der Waals surface area contributed by atoms with E-state index in [1.807, 2.05) is 0 Å². The number of nitrogens with zero attached hydrogens (tertiary/aromatic N) is 1. The van der Waals surface area contributed by atoms with Crippen molar-refractivity contribution in [2.45, 2.75) is 19.2 Å². The molecule has 0 spiro atoms. The summed E-state index contributed by atoms with van der Waals surface area (Å²) in [6, 6.07) is 2.91. The SMILES string of the molecule is CC(O)c1cc2cc([N+](=O)[O-])c(C(F)(F)F)cc2[nH]1. The number of hydrogen-bond donors (Lipinski definition) is 2. The van der Waals surface area contributed by atoms with Crippen molar-refractivity contribution in [3.63, 3.8) is 0 Å². The molecule has 8 heteroatoms. The van der Waals surface area contributed by atoms with E-state index in [4.69, 9.17) is 0 Å². The molecule has 0 bridgehead atoms. The second kappa shape index (κ2) is 4.23. The van der Waals surface area contributed by atoms with Crippen LogP contribution in [-0.2, 0) is 6.18 Å². The highest BCUT2D eigenvalue weighted by Gasteiger charge is 2.38. The average Bonchev–Trinajstić information content (AvgIpc) is 2.68. The third kappa shape index (κ3) is 2.39. The van der Waals surface area contributed by atoms with Crippen LogP contribution in [0.1, 0.15) is 24.3 Å². The van der Waals surface area contributed by atoms with E-state index in [9.17, 15) is 28.4 Å². The molecule has 5 nitrogen and oxygen atoms in total. The average molecular weight is 274 g/mol. The fraction of sp³-hybridized carbons (Fsp3) is 0.273. The van der Waals surface area contributed by atoms with Crippen LogP contribution in [-0.4, -0.2) is 15.0 Å². The molecule has 19 heavy (non-hydrogen) atoms. The second-order valence-electron chi connectivity index (χ2n) is 4.11. The van der Waals surface area contributed by atoms with Gasteiger partial charge < -0.3 is 10.1 Å². The Bertz CT molecular complexity index is 646. The van der Waals surface area contributed by atoms with E-state index in [-0.39, 0.29) is 10.9 Å². The number of fused-ring (bicyclic) bond motifs is 1. The van der Waals surface area contributed by atoms with Gasteiger partial charge in [-0.1, -0.05) is 0 Å². The summed E-state index contributed by atoms with van der Waals surface area (Å²) in [6.07, 6.45) is -5.71. The summed E-state index contributed by atoms with van der Waals surface area (Å²) >= 11 is 0. The van der Waals surface area contributed by atoms with E-state index in [0.717, 1.165) is 6.07 Å². The smallest absolute Gasteiger partial charge is 0.387 e. The van der Waals surface area contributed by atoms with Crippen molar-refractivity contribution in [1.82, 2.24) is 4.98 Å². The molecule has 0 amide bonds. The van der Waals surface area contributed by atoms with Gasteiger partial charge in [0.05, 0.1) is 11.0 Å². The van der Waals surface area contributed by atoms with Crippen LogP contribution in [0, 0.1) is 10.1 Å². The maximum atomic E-state index is 12.7. The highest BCUT2D eigenvalue weighted by molar-refractivity contribution is 5.84. The number of aliphatic hydroxyl groups is 1. The lowest BCUT2D eigenvalue weighted by Crippen LogP contribution is -2.08. The molecule has 1 heterocycles. The Balaban J connectivity index is 2.73. The first kappa shape index (κ1) is 13.3. The lowest BCUT2D eigenvalue weighted by atomic mass is 10.1. The highest BCUT2D eigenvalue weighted by Crippen LogP contribution is 2.38. The summed E-state index contributed by atoms with van der Waals surface area (Å²) in [6.45, 7) is 1.43. The van der Waals surface area contributed by atoms with Gasteiger partial charge in [-0.2, -0.15) is 13.2 Å². The molecule has 0 fully saturated rings. The van der Waals surface area contributed by atoms with Crippen molar-refractivity contribution in [2.24, 2.45) is 0 Å². The molecule has 0 saturated heterocycles. The lowest BCUT2D eigenvalue weighted by molar-refractivity contribution is -0.387. The number of nitro benzene ring substituents is 1. The van der Waals surface area contributed by atoms with E-state index in [2.05, 4.69) is 4.98 Å². The van der Waals surface area contributed by atoms with Crippen molar-refractivity contribution in [1.29, 1.82) is 0 Å². The number of nitrogens with one attached hydrogen (secondary N) is 1. The van der Waals surface area contributed by atoms with Gasteiger partial charge in [0, 0.05) is 22.7 Å². The van der Waals surface area contributed by atoms with Crippen LogP contribution >= 0.6 is 0 Å². The number of H-pyrrole nitrogens is 1. The van der Waals surface area contributed by atoms with Gasteiger partial charge in [0.15, 0.2) is 0 Å². The standard InChI is InChI=1S/C11H9F3N2O3/c1-5(17)8-2-6-3-10(16(18)19)7(11(12,13)14)4-9(6)15-8/h2-5,15,17H,1H3. The van der Waals surface area contributed by atoms with Crippen LogP contribution in [0.2, 0.25) is 0 Å². The summed E-state index contributed by atoms with van der Waals surface area (Å²) in [5.74, 6) is 0. The first-order valence-electron chi connectivity index (χ1n) is 5.26. The van der Waals surface area contributed by atoms with E-state index in [1.54, 1.807) is 0 Å². The van der Waals surface area contributed by atoms with Gasteiger partial charge in [0.25, 0.3) is 5.69 Å².